The fourth-order valence-electron chi connectivity index (χ4n) is 0.332. The first-order valence-electron chi connectivity index (χ1n) is 1.92. The number of benzene rings is 1. The summed E-state index contributed by atoms with van der Waals surface area (Å²) >= 11 is 2.22. The second kappa shape index (κ2) is 2.31. The molecule has 0 amide bonds. The molecule has 0 aliphatic carbocycles. The van der Waals surface area contributed by atoms with Crippen LogP contribution >= 0.6 is 22.6 Å². The van der Waals surface area contributed by atoms with Crippen LogP contribution in [0.25, 0.3) is 0 Å². The molecular weight excluding hydrogens is 199 g/mol. The van der Waals surface area contributed by atoms with E-state index in [1.807, 2.05) is 12.1 Å². The molecule has 0 atom stereocenters. The van der Waals surface area contributed by atoms with Gasteiger partial charge in [0.1, 0.15) is 0 Å². The molecule has 7 heavy (non-hydrogen) atoms. The minimum absolute atomic E-state index is 1.18. The molecule has 0 aromatic heterocycles. The van der Waals surface area contributed by atoms with Crippen molar-refractivity contribution in [2.75, 3.05) is 0 Å². The number of hydrogen-bond donors (Lipinski definition) is 0. The Morgan fingerprint density at radius 2 is 1.86 bits per heavy atom. The zero-order valence-electron chi connectivity index (χ0n) is 3.61. The summed E-state index contributed by atoms with van der Waals surface area (Å²) in [6.45, 7) is 0. The van der Waals surface area contributed by atoms with E-state index in [-0.39, 0.29) is 0 Å². The van der Waals surface area contributed by atoms with E-state index in [4.69, 9.17) is 0 Å². The molecule has 0 bridgehead atoms. The SMILES string of the molecule is Ic1c[c]c[c]c1. The van der Waals surface area contributed by atoms with Gasteiger partial charge in [-0.25, -0.2) is 0 Å². The molecule has 34 valence electrons. The standard InChI is InChI=1S/C6H3I/c7-6-4-2-1-3-5-6/h1,4-5H. The molecule has 1 heteroatoms. The van der Waals surface area contributed by atoms with Gasteiger partial charge in [-0.1, -0.05) is 0 Å². The second-order valence-electron chi connectivity index (χ2n) is 1.15. The van der Waals surface area contributed by atoms with Gasteiger partial charge in [0, 0.05) is 3.57 Å². The van der Waals surface area contributed by atoms with Gasteiger partial charge in [0.2, 0.25) is 0 Å². The van der Waals surface area contributed by atoms with Crippen molar-refractivity contribution >= 4 is 22.6 Å². The van der Waals surface area contributed by atoms with Crippen LogP contribution in [0.1, 0.15) is 0 Å². The molecule has 1 aromatic rings. The smallest absolute Gasteiger partial charge is 0.0142 e. The van der Waals surface area contributed by atoms with E-state index in [9.17, 15) is 0 Å². The summed E-state index contributed by atoms with van der Waals surface area (Å²) in [4.78, 5) is 0. The topological polar surface area (TPSA) is 0 Å². The Balaban J connectivity index is 3.02. The quantitative estimate of drug-likeness (QED) is 0.563. The maximum absolute atomic E-state index is 2.90. The molecule has 0 nitrogen and oxygen atoms in total. The zero-order valence-corrected chi connectivity index (χ0v) is 5.77. The Kier molecular flexibility index (Phi) is 1.68. The maximum atomic E-state index is 2.90. The van der Waals surface area contributed by atoms with E-state index in [2.05, 4.69) is 34.7 Å². The molecular formula is C6H3I. The molecule has 0 N–H and O–H groups in total. The molecule has 0 aliphatic rings. The normalized spacial score (nSPS) is 8.71. The van der Waals surface area contributed by atoms with Gasteiger partial charge in [-0.15, -0.1) is 0 Å². The highest BCUT2D eigenvalue weighted by atomic mass is 127. The minimum Gasteiger partial charge on any atom is -0.0464 e. The monoisotopic (exact) mass is 202 g/mol. The summed E-state index contributed by atoms with van der Waals surface area (Å²) in [6, 6.07) is 11.4. The third-order valence-corrected chi connectivity index (χ3v) is 1.23. The highest BCUT2D eigenvalue weighted by Crippen LogP contribution is 1.98. The van der Waals surface area contributed by atoms with Gasteiger partial charge >= 0.3 is 0 Å². The minimum atomic E-state index is 1.18. The van der Waals surface area contributed by atoms with Crippen molar-refractivity contribution in [3.8, 4) is 0 Å². The van der Waals surface area contributed by atoms with E-state index in [1.165, 1.54) is 3.57 Å². The largest absolute Gasteiger partial charge is 0.0464 e. The Morgan fingerprint density at radius 1 is 1.29 bits per heavy atom. The van der Waals surface area contributed by atoms with Gasteiger partial charge in [-0.2, -0.15) is 0 Å². The van der Waals surface area contributed by atoms with Gasteiger partial charge < -0.3 is 0 Å². The van der Waals surface area contributed by atoms with Crippen molar-refractivity contribution in [2.24, 2.45) is 0 Å². The van der Waals surface area contributed by atoms with E-state index < -0.39 is 0 Å². The molecule has 1 aromatic carbocycles. The first kappa shape index (κ1) is 5.09. The molecule has 0 saturated carbocycles. The summed E-state index contributed by atoms with van der Waals surface area (Å²) in [6.07, 6.45) is 0. The predicted molar refractivity (Wildman–Crippen MR) is 36.8 cm³/mol. The molecule has 0 saturated heterocycles. The van der Waals surface area contributed by atoms with Gasteiger partial charge in [-0.05, 0) is 52.9 Å². The average molecular weight is 202 g/mol. The highest BCUT2D eigenvalue weighted by Gasteiger charge is 1.75. The van der Waals surface area contributed by atoms with Crippen molar-refractivity contribution in [1.82, 2.24) is 0 Å². The third kappa shape index (κ3) is 1.47. The molecule has 2 radical (unpaired) electrons. The molecule has 0 aliphatic heterocycles. The van der Waals surface area contributed by atoms with Crippen LogP contribution < -0.4 is 0 Å². The van der Waals surface area contributed by atoms with Gasteiger partial charge in [-0.3, -0.25) is 0 Å². The number of halogens is 1. The van der Waals surface area contributed by atoms with Crippen LogP contribution in [0.3, 0.4) is 0 Å². The van der Waals surface area contributed by atoms with Crippen LogP contribution in [0.2, 0.25) is 0 Å². The van der Waals surface area contributed by atoms with E-state index >= 15 is 0 Å². The van der Waals surface area contributed by atoms with E-state index in [1.54, 1.807) is 6.07 Å². The van der Waals surface area contributed by atoms with Crippen LogP contribution in [0.15, 0.2) is 18.2 Å². The molecule has 0 heterocycles. The zero-order chi connectivity index (χ0) is 5.11. The Labute approximate surface area is 56.7 Å². The van der Waals surface area contributed by atoms with Crippen LogP contribution in [-0.4, -0.2) is 0 Å². The fourth-order valence-corrected chi connectivity index (χ4v) is 0.692. The Bertz CT molecular complexity index is 134. The summed E-state index contributed by atoms with van der Waals surface area (Å²) in [5.41, 5.74) is 0. The maximum Gasteiger partial charge on any atom is 0.0142 e. The van der Waals surface area contributed by atoms with Crippen LogP contribution in [0.5, 0.6) is 0 Å². The molecule has 0 spiro atoms. The Morgan fingerprint density at radius 3 is 2.14 bits per heavy atom. The first-order valence-corrected chi connectivity index (χ1v) is 3.00. The Hall–Kier alpha value is -0.0500. The lowest BCUT2D eigenvalue weighted by atomic mass is 10.4. The fraction of sp³-hybridized carbons (Fsp3) is 0. The van der Waals surface area contributed by atoms with Crippen molar-refractivity contribution in [3.63, 3.8) is 0 Å². The van der Waals surface area contributed by atoms with E-state index in [0.29, 0.717) is 0 Å². The lowest BCUT2D eigenvalue weighted by molar-refractivity contribution is 1.62. The van der Waals surface area contributed by atoms with Gasteiger partial charge in [0.25, 0.3) is 0 Å². The van der Waals surface area contributed by atoms with Gasteiger partial charge in [0.15, 0.2) is 0 Å². The number of rotatable bonds is 0. The van der Waals surface area contributed by atoms with Crippen molar-refractivity contribution in [1.29, 1.82) is 0 Å². The lowest BCUT2D eigenvalue weighted by Gasteiger charge is -1.79. The van der Waals surface area contributed by atoms with Crippen LogP contribution in [0, 0.1) is 15.7 Å². The summed E-state index contributed by atoms with van der Waals surface area (Å²) in [5.74, 6) is 0. The van der Waals surface area contributed by atoms with Crippen molar-refractivity contribution in [3.05, 3.63) is 33.9 Å². The average Bonchev–Trinajstić information content (AvgIpc) is 1.69. The van der Waals surface area contributed by atoms with Crippen molar-refractivity contribution < 1.29 is 0 Å². The van der Waals surface area contributed by atoms with Crippen molar-refractivity contribution in [2.45, 2.75) is 0 Å². The number of hydrogen-bond acceptors (Lipinski definition) is 0. The summed E-state index contributed by atoms with van der Waals surface area (Å²) in [5, 5.41) is 0. The van der Waals surface area contributed by atoms with Crippen LogP contribution in [0.4, 0.5) is 0 Å². The summed E-state index contributed by atoms with van der Waals surface area (Å²) in [7, 11) is 0. The third-order valence-electron chi connectivity index (χ3n) is 0.609. The van der Waals surface area contributed by atoms with Gasteiger partial charge in [0.05, 0.1) is 0 Å². The summed E-state index contributed by atoms with van der Waals surface area (Å²) < 4.78 is 1.18. The van der Waals surface area contributed by atoms with E-state index in [0.717, 1.165) is 0 Å². The lowest BCUT2D eigenvalue weighted by Crippen LogP contribution is -1.62. The first-order chi connectivity index (χ1) is 3.39. The highest BCUT2D eigenvalue weighted by molar-refractivity contribution is 14.1. The predicted octanol–water partition coefficient (Wildman–Crippen LogP) is 1.89. The van der Waals surface area contributed by atoms with Crippen LogP contribution in [-0.2, 0) is 0 Å². The molecule has 0 unspecified atom stereocenters. The second-order valence-corrected chi connectivity index (χ2v) is 2.40. The molecule has 1 rings (SSSR count). The molecule has 0 fully saturated rings.